The molecule has 1 fully saturated rings. The topological polar surface area (TPSA) is 74.2 Å². The van der Waals surface area contributed by atoms with E-state index in [-0.39, 0.29) is 11.6 Å². The third-order valence-electron chi connectivity index (χ3n) is 3.95. The summed E-state index contributed by atoms with van der Waals surface area (Å²) in [5.74, 6) is 1.80. The van der Waals surface area contributed by atoms with Crippen molar-refractivity contribution in [2.75, 3.05) is 7.11 Å². The molecule has 3 unspecified atom stereocenters. The molecule has 3 atom stereocenters. The smallest absolute Gasteiger partial charge is 0.243 e. The van der Waals surface area contributed by atoms with Crippen LogP contribution in [0, 0.1) is 5.92 Å². The van der Waals surface area contributed by atoms with E-state index in [4.69, 9.17) is 15.0 Å². The molecule has 1 saturated carbocycles. The van der Waals surface area contributed by atoms with E-state index < -0.39 is 0 Å². The second-order valence-electron chi connectivity index (χ2n) is 5.37. The van der Waals surface area contributed by atoms with Crippen LogP contribution in [0.15, 0.2) is 4.52 Å². The Bertz CT molecular complexity index is 393. The van der Waals surface area contributed by atoms with Crippen molar-refractivity contribution >= 4 is 0 Å². The van der Waals surface area contributed by atoms with Crippen LogP contribution in [-0.2, 0) is 10.3 Å². The predicted octanol–water partition coefficient (Wildman–Crippen LogP) is 2.53. The molecule has 102 valence electrons. The Morgan fingerprint density at radius 3 is 3.00 bits per heavy atom. The molecule has 0 aliphatic heterocycles. The van der Waals surface area contributed by atoms with Crippen molar-refractivity contribution in [1.29, 1.82) is 0 Å². The van der Waals surface area contributed by atoms with Gasteiger partial charge in [0.25, 0.3) is 0 Å². The molecular weight excluding hydrogens is 230 g/mol. The quantitative estimate of drug-likeness (QED) is 0.892. The molecule has 0 aromatic carbocycles. The van der Waals surface area contributed by atoms with Crippen LogP contribution in [0.4, 0.5) is 0 Å². The minimum absolute atomic E-state index is 0.179. The fraction of sp³-hybridized carbons (Fsp3) is 0.846. The number of rotatable bonds is 4. The van der Waals surface area contributed by atoms with E-state index in [9.17, 15) is 0 Å². The maximum atomic E-state index is 5.91. The van der Waals surface area contributed by atoms with Crippen LogP contribution in [0.5, 0.6) is 0 Å². The minimum atomic E-state index is -0.382. The van der Waals surface area contributed by atoms with Gasteiger partial charge in [0.15, 0.2) is 0 Å². The first-order chi connectivity index (χ1) is 8.61. The summed E-state index contributed by atoms with van der Waals surface area (Å²) in [6, 6.07) is -0.179. The molecule has 1 aromatic rings. The van der Waals surface area contributed by atoms with Crippen LogP contribution in [0.25, 0.3) is 0 Å². The lowest BCUT2D eigenvalue weighted by Gasteiger charge is -2.36. The van der Waals surface area contributed by atoms with Gasteiger partial charge in [0.1, 0.15) is 5.60 Å². The van der Waals surface area contributed by atoms with Gasteiger partial charge in [-0.05, 0) is 31.6 Å². The van der Waals surface area contributed by atoms with Gasteiger partial charge in [-0.15, -0.1) is 0 Å². The molecular formula is C13H23N3O2. The van der Waals surface area contributed by atoms with Crippen molar-refractivity contribution < 1.29 is 9.26 Å². The summed E-state index contributed by atoms with van der Waals surface area (Å²) in [6.45, 7) is 4.25. The third-order valence-corrected chi connectivity index (χ3v) is 3.95. The van der Waals surface area contributed by atoms with E-state index in [1.165, 1.54) is 6.42 Å². The van der Waals surface area contributed by atoms with Crippen molar-refractivity contribution in [2.24, 2.45) is 11.7 Å². The molecule has 2 N–H and O–H groups in total. The van der Waals surface area contributed by atoms with Crippen LogP contribution in [0.2, 0.25) is 0 Å². The zero-order valence-corrected chi connectivity index (χ0v) is 11.5. The van der Waals surface area contributed by atoms with E-state index in [0.29, 0.717) is 17.6 Å². The average molecular weight is 253 g/mol. The molecule has 0 saturated heterocycles. The van der Waals surface area contributed by atoms with E-state index >= 15 is 0 Å². The van der Waals surface area contributed by atoms with Crippen LogP contribution in [0.1, 0.15) is 63.7 Å². The molecule has 1 aliphatic rings. The lowest BCUT2D eigenvalue weighted by molar-refractivity contribution is -0.0658. The van der Waals surface area contributed by atoms with Crippen molar-refractivity contribution in [3.05, 3.63) is 11.7 Å². The summed E-state index contributed by atoms with van der Waals surface area (Å²) in [7, 11) is 1.73. The van der Waals surface area contributed by atoms with Gasteiger partial charge in [-0.3, -0.25) is 0 Å². The average Bonchev–Trinajstić information content (AvgIpc) is 2.87. The Hall–Kier alpha value is -0.940. The lowest BCUT2D eigenvalue weighted by atomic mass is 9.78. The Labute approximate surface area is 108 Å². The Kier molecular flexibility index (Phi) is 4.02. The van der Waals surface area contributed by atoms with E-state index in [2.05, 4.69) is 17.1 Å². The highest BCUT2D eigenvalue weighted by Gasteiger charge is 2.41. The van der Waals surface area contributed by atoms with E-state index in [1.807, 2.05) is 6.92 Å². The Morgan fingerprint density at radius 2 is 2.39 bits per heavy atom. The fourth-order valence-corrected chi connectivity index (χ4v) is 2.73. The summed E-state index contributed by atoms with van der Waals surface area (Å²) in [6.07, 6.45) is 5.07. The fourth-order valence-electron chi connectivity index (χ4n) is 2.73. The largest absolute Gasteiger partial charge is 0.370 e. The SMILES string of the molecule is CCC(N)c1nc(C2(OC)CCCC(C)C2)no1. The normalized spacial score (nSPS) is 30.3. The molecule has 1 aromatic heterocycles. The third kappa shape index (κ3) is 2.42. The molecule has 0 bridgehead atoms. The van der Waals surface area contributed by atoms with Crippen molar-refractivity contribution in [3.63, 3.8) is 0 Å². The standard InChI is InChI=1S/C13H23N3O2/c1-4-10(14)11-15-12(16-18-11)13(17-3)7-5-6-9(2)8-13/h9-10H,4-8,14H2,1-3H3. The molecule has 0 amide bonds. The Morgan fingerprint density at radius 1 is 1.61 bits per heavy atom. The highest BCUT2D eigenvalue weighted by molar-refractivity contribution is 5.05. The summed E-state index contributed by atoms with van der Waals surface area (Å²) >= 11 is 0. The van der Waals surface area contributed by atoms with Gasteiger partial charge in [-0.2, -0.15) is 4.98 Å². The van der Waals surface area contributed by atoms with E-state index in [1.54, 1.807) is 7.11 Å². The first-order valence-electron chi connectivity index (χ1n) is 6.76. The summed E-state index contributed by atoms with van der Waals surface area (Å²) < 4.78 is 11.0. The van der Waals surface area contributed by atoms with Crippen molar-refractivity contribution in [1.82, 2.24) is 10.1 Å². The van der Waals surface area contributed by atoms with Crippen LogP contribution in [-0.4, -0.2) is 17.3 Å². The van der Waals surface area contributed by atoms with Crippen molar-refractivity contribution in [2.45, 2.75) is 57.6 Å². The maximum Gasteiger partial charge on any atom is 0.243 e. The monoisotopic (exact) mass is 253 g/mol. The van der Waals surface area contributed by atoms with Gasteiger partial charge in [0, 0.05) is 7.11 Å². The second kappa shape index (κ2) is 5.36. The first-order valence-corrected chi connectivity index (χ1v) is 6.76. The minimum Gasteiger partial charge on any atom is -0.370 e. The van der Waals surface area contributed by atoms with Crippen molar-refractivity contribution in [3.8, 4) is 0 Å². The molecule has 5 nitrogen and oxygen atoms in total. The number of aromatic nitrogens is 2. The van der Waals surface area contributed by atoms with Crippen LogP contribution >= 0.6 is 0 Å². The van der Waals surface area contributed by atoms with Crippen LogP contribution in [0.3, 0.4) is 0 Å². The predicted molar refractivity (Wildman–Crippen MR) is 67.8 cm³/mol. The zero-order valence-electron chi connectivity index (χ0n) is 11.5. The number of ether oxygens (including phenoxy) is 1. The van der Waals surface area contributed by atoms with Gasteiger partial charge in [0.05, 0.1) is 6.04 Å². The molecule has 1 heterocycles. The summed E-state index contributed by atoms with van der Waals surface area (Å²) in [5, 5.41) is 4.10. The van der Waals surface area contributed by atoms with Gasteiger partial charge in [-0.25, -0.2) is 0 Å². The molecule has 2 rings (SSSR count). The number of nitrogens with two attached hydrogens (primary N) is 1. The summed E-state index contributed by atoms with van der Waals surface area (Å²) in [4.78, 5) is 4.45. The molecule has 0 spiro atoms. The molecule has 18 heavy (non-hydrogen) atoms. The number of hydrogen-bond donors (Lipinski definition) is 1. The molecule has 0 radical (unpaired) electrons. The van der Waals surface area contributed by atoms with Gasteiger partial charge >= 0.3 is 0 Å². The van der Waals surface area contributed by atoms with Crippen LogP contribution < -0.4 is 5.73 Å². The highest BCUT2D eigenvalue weighted by atomic mass is 16.5. The Balaban J connectivity index is 2.24. The number of hydrogen-bond acceptors (Lipinski definition) is 5. The second-order valence-corrected chi connectivity index (χ2v) is 5.37. The maximum absolute atomic E-state index is 5.91. The zero-order chi connectivity index (χ0) is 13.2. The molecule has 1 aliphatic carbocycles. The van der Waals surface area contributed by atoms with Gasteiger partial charge in [0.2, 0.25) is 11.7 Å². The highest BCUT2D eigenvalue weighted by Crippen LogP contribution is 2.41. The first kappa shape index (κ1) is 13.5. The van der Waals surface area contributed by atoms with Gasteiger partial charge < -0.3 is 15.0 Å². The number of nitrogens with zero attached hydrogens (tertiary/aromatic N) is 2. The summed E-state index contributed by atoms with van der Waals surface area (Å²) in [5.41, 5.74) is 5.53. The number of methoxy groups -OCH3 is 1. The molecule has 5 heteroatoms. The lowest BCUT2D eigenvalue weighted by Crippen LogP contribution is -2.35. The van der Waals surface area contributed by atoms with Gasteiger partial charge in [-0.1, -0.05) is 25.4 Å². The van der Waals surface area contributed by atoms with E-state index in [0.717, 1.165) is 25.7 Å².